The van der Waals surface area contributed by atoms with Crippen LogP contribution in [0.25, 0.3) is 0 Å². The maximum Gasteiger partial charge on any atom is 0.315 e. The van der Waals surface area contributed by atoms with Crippen molar-refractivity contribution in [2.45, 2.75) is 10.2 Å². The molecule has 1 aromatic rings. The lowest BCUT2D eigenvalue weighted by molar-refractivity contribution is -0.137. The highest BCUT2D eigenvalue weighted by molar-refractivity contribution is 8.00. The molecule has 1 atom stereocenters. The highest BCUT2D eigenvalue weighted by Gasteiger charge is 2.21. The largest absolute Gasteiger partial charge is 0.468 e. The minimum absolute atomic E-state index is 0.0617. The van der Waals surface area contributed by atoms with Gasteiger partial charge in [0.25, 0.3) is 5.91 Å². The molecule has 0 fully saturated rings. The summed E-state index contributed by atoms with van der Waals surface area (Å²) in [5.41, 5.74) is 0.500. The maximum atomic E-state index is 11.9. The number of ether oxygens (including phenoxy) is 1. The molecule has 1 unspecified atom stereocenters. The van der Waals surface area contributed by atoms with E-state index in [1.165, 1.54) is 7.11 Å². The second kappa shape index (κ2) is 8.30. The van der Waals surface area contributed by atoms with Gasteiger partial charge in [-0.1, -0.05) is 18.2 Å². The van der Waals surface area contributed by atoms with E-state index in [9.17, 15) is 9.59 Å². The Labute approximate surface area is 125 Å². The summed E-state index contributed by atoms with van der Waals surface area (Å²) in [7, 11) is 1.29. The molecular weight excluding hydrogens is 309 g/mol. The quantitative estimate of drug-likeness (QED) is 0.497. The Kier molecular flexibility index (Phi) is 7.05. The Bertz CT molecular complexity index is 428. The van der Waals surface area contributed by atoms with E-state index in [4.69, 9.17) is 23.2 Å². The van der Waals surface area contributed by atoms with E-state index in [2.05, 4.69) is 10.1 Å². The van der Waals surface area contributed by atoms with Crippen molar-refractivity contribution in [3.8, 4) is 0 Å². The van der Waals surface area contributed by atoms with Crippen molar-refractivity contribution in [1.29, 1.82) is 0 Å². The number of esters is 1. The van der Waals surface area contributed by atoms with E-state index in [1.54, 1.807) is 24.3 Å². The summed E-state index contributed by atoms with van der Waals surface area (Å²) in [5.74, 6) is -0.640. The number of rotatable bonds is 6. The summed E-state index contributed by atoms with van der Waals surface area (Å²) < 4.78 is 4.51. The third-order valence-corrected chi connectivity index (χ3v) is 4.10. The van der Waals surface area contributed by atoms with E-state index in [0.29, 0.717) is 5.56 Å². The van der Waals surface area contributed by atoms with Gasteiger partial charge in [-0.25, -0.2) is 0 Å². The van der Waals surface area contributed by atoms with E-state index < -0.39 is 16.2 Å². The molecule has 1 rings (SSSR count). The van der Waals surface area contributed by atoms with Crippen molar-refractivity contribution < 1.29 is 14.3 Å². The van der Waals surface area contributed by atoms with Crippen LogP contribution in [0, 0.1) is 0 Å². The summed E-state index contributed by atoms with van der Waals surface area (Å²) >= 11 is 12.7. The van der Waals surface area contributed by atoms with Crippen LogP contribution in [0.3, 0.4) is 0 Å². The fourth-order valence-corrected chi connectivity index (χ4v) is 2.53. The van der Waals surface area contributed by atoms with E-state index in [1.807, 2.05) is 6.07 Å². The third kappa shape index (κ3) is 5.72. The SMILES string of the molecule is COC(=O)CSC(NC(=O)c1ccccc1)C(Cl)Cl. The smallest absolute Gasteiger partial charge is 0.315 e. The number of hydrogen-bond donors (Lipinski definition) is 1. The number of amides is 1. The van der Waals surface area contributed by atoms with Crippen molar-refractivity contribution in [1.82, 2.24) is 5.32 Å². The normalized spacial score (nSPS) is 12.0. The molecule has 1 N–H and O–H groups in total. The van der Waals surface area contributed by atoms with Crippen molar-refractivity contribution >= 4 is 46.8 Å². The first kappa shape index (κ1) is 16.1. The summed E-state index contributed by atoms with van der Waals surface area (Å²) in [4.78, 5) is 22.1. The minimum atomic E-state index is -0.831. The van der Waals surface area contributed by atoms with Crippen molar-refractivity contribution in [3.63, 3.8) is 0 Å². The van der Waals surface area contributed by atoms with Gasteiger partial charge in [-0.2, -0.15) is 0 Å². The predicted octanol–water partition coefficient (Wildman–Crippen LogP) is 2.45. The molecule has 4 nitrogen and oxygen atoms in total. The number of carbonyl (C=O) groups excluding carboxylic acids is 2. The maximum absolute atomic E-state index is 11.9. The van der Waals surface area contributed by atoms with Gasteiger partial charge in [-0.3, -0.25) is 9.59 Å². The fraction of sp³-hybridized carbons (Fsp3) is 0.333. The van der Waals surface area contributed by atoms with E-state index >= 15 is 0 Å². The average Bonchev–Trinajstić information content (AvgIpc) is 2.43. The molecule has 0 spiro atoms. The van der Waals surface area contributed by atoms with Gasteiger partial charge >= 0.3 is 5.97 Å². The van der Waals surface area contributed by atoms with Gasteiger partial charge in [0.05, 0.1) is 12.9 Å². The molecule has 0 saturated heterocycles. The fourth-order valence-electron chi connectivity index (χ4n) is 1.20. The standard InChI is InChI=1S/C12H13Cl2NO3S/c1-18-9(16)7-19-12(10(13)14)15-11(17)8-5-3-2-4-6-8/h2-6,10,12H,7H2,1H3,(H,15,17). The highest BCUT2D eigenvalue weighted by Crippen LogP contribution is 2.20. The van der Waals surface area contributed by atoms with Crippen LogP contribution in [0.1, 0.15) is 10.4 Å². The molecule has 0 radical (unpaired) electrons. The predicted molar refractivity (Wildman–Crippen MR) is 77.7 cm³/mol. The van der Waals surface area contributed by atoms with Gasteiger partial charge in [0, 0.05) is 5.56 Å². The van der Waals surface area contributed by atoms with Crippen molar-refractivity contribution in [2.24, 2.45) is 0 Å². The number of halogens is 2. The summed E-state index contributed by atoms with van der Waals surface area (Å²) in [5, 5.41) is 2.08. The first-order valence-corrected chi connectivity index (χ1v) is 7.29. The van der Waals surface area contributed by atoms with Crippen LogP contribution in [0.5, 0.6) is 0 Å². The monoisotopic (exact) mass is 321 g/mol. The van der Waals surface area contributed by atoms with E-state index in [-0.39, 0.29) is 11.7 Å². The van der Waals surface area contributed by atoms with Gasteiger partial charge in [0.1, 0.15) is 10.2 Å². The Morgan fingerprint density at radius 3 is 2.47 bits per heavy atom. The number of benzene rings is 1. The Morgan fingerprint density at radius 1 is 1.32 bits per heavy atom. The molecule has 0 bridgehead atoms. The summed E-state index contributed by atoms with van der Waals surface area (Å²) in [6.45, 7) is 0. The first-order chi connectivity index (χ1) is 9.04. The van der Waals surface area contributed by atoms with Crippen LogP contribution < -0.4 is 5.32 Å². The zero-order chi connectivity index (χ0) is 14.3. The molecule has 0 saturated carbocycles. The molecule has 0 aliphatic carbocycles. The molecule has 104 valence electrons. The topological polar surface area (TPSA) is 55.4 Å². The number of alkyl halides is 2. The van der Waals surface area contributed by atoms with Crippen molar-refractivity contribution in [2.75, 3.05) is 12.9 Å². The van der Waals surface area contributed by atoms with E-state index in [0.717, 1.165) is 11.8 Å². The second-order valence-corrected chi connectivity index (χ2v) is 5.78. The first-order valence-electron chi connectivity index (χ1n) is 5.37. The highest BCUT2D eigenvalue weighted by atomic mass is 35.5. The number of hydrogen-bond acceptors (Lipinski definition) is 4. The van der Waals surface area contributed by atoms with Gasteiger partial charge in [-0.15, -0.1) is 35.0 Å². The molecule has 0 aliphatic heterocycles. The van der Waals surface area contributed by atoms with Crippen LogP contribution in [0.15, 0.2) is 30.3 Å². The zero-order valence-corrected chi connectivity index (χ0v) is 12.5. The Hall–Kier alpha value is -0.910. The number of nitrogens with one attached hydrogen (secondary N) is 1. The molecule has 19 heavy (non-hydrogen) atoms. The summed E-state index contributed by atoms with van der Waals surface area (Å²) in [6, 6.07) is 8.67. The number of methoxy groups -OCH3 is 1. The lowest BCUT2D eigenvalue weighted by atomic mass is 10.2. The van der Waals surface area contributed by atoms with Crippen LogP contribution in [0.4, 0.5) is 0 Å². The average molecular weight is 322 g/mol. The summed E-state index contributed by atoms with van der Waals surface area (Å²) in [6.07, 6.45) is 0. The van der Waals surface area contributed by atoms with Crippen LogP contribution in [-0.4, -0.2) is 34.9 Å². The van der Waals surface area contributed by atoms with Crippen LogP contribution in [0.2, 0.25) is 0 Å². The molecule has 0 heterocycles. The van der Waals surface area contributed by atoms with Crippen molar-refractivity contribution in [3.05, 3.63) is 35.9 Å². The minimum Gasteiger partial charge on any atom is -0.468 e. The third-order valence-electron chi connectivity index (χ3n) is 2.15. The molecule has 7 heteroatoms. The van der Waals surface area contributed by atoms with Gasteiger partial charge in [0.2, 0.25) is 0 Å². The lowest BCUT2D eigenvalue weighted by Gasteiger charge is -2.18. The van der Waals surface area contributed by atoms with Gasteiger partial charge in [0.15, 0.2) is 0 Å². The van der Waals surface area contributed by atoms with Crippen LogP contribution >= 0.6 is 35.0 Å². The van der Waals surface area contributed by atoms with Gasteiger partial charge in [-0.05, 0) is 12.1 Å². The zero-order valence-electron chi connectivity index (χ0n) is 10.1. The molecule has 0 aliphatic rings. The Morgan fingerprint density at radius 2 is 1.95 bits per heavy atom. The van der Waals surface area contributed by atoms with Gasteiger partial charge < -0.3 is 10.1 Å². The lowest BCUT2D eigenvalue weighted by Crippen LogP contribution is -2.37. The number of carbonyl (C=O) groups is 2. The molecular formula is C12H13Cl2NO3S. The molecule has 1 aromatic carbocycles. The number of thioether (sulfide) groups is 1. The van der Waals surface area contributed by atoms with Crippen LogP contribution in [-0.2, 0) is 9.53 Å². The second-order valence-electron chi connectivity index (χ2n) is 3.48. The molecule has 1 amide bonds. The Balaban J connectivity index is 2.58. The molecule has 0 aromatic heterocycles.